The summed E-state index contributed by atoms with van der Waals surface area (Å²) >= 11 is 0. The molecular formula is C21H14F2N4O. The molecule has 1 aromatic heterocycles. The molecule has 0 atom stereocenters. The van der Waals surface area contributed by atoms with Gasteiger partial charge in [0.05, 0.1) is 12.7 Å². The van der Waals surface area contributed by atoms with Crippen LogP contribution in [-0.2, 0) is 0 Å². The first-order chi connectivity index (χ1) is 13.7. The number of halogens is 2. The van der Waals surface area contributed by atoms with Gasteiger partial charge in [0.1, 0.15) is 17.4 Å². The molecule has 0 saturated heterocycles. The highest BCUT2D eigenvalue weighted by Crippen LogP contribution is 2.25. The maximum atomic E-state index is 13.8. The molecule has 0 amide bonds. The third-order valence-electron chi connectivity index (χ3n) is 4.23. The second-order valence-electron chi connectivity index (χ2n) is 5.95. The first-order valence-electron chi connectivity index (χ1n) is 8.42. The summed E-state index contributed by atoms with van der Waals surface area (Å²) in [6, 6.07) is 18.8. The van der Waals surface area contributed by atoms with E-state index in [-0.39, 0.29) is 17.2 Å². The predicted octanol–water partition coefficient (Wildman–Crippen LogP) is 4.55. The quantitative estimate of drug-likeness (QED) is 0.523. The van der Waals surface area contributed by atoms with Crippen molar-refractivity contribution in [3.8, 4) is 39.7 Å². The van der Waals surface area contributed by atoms with Crippen LogP contribution in [0, 0.1) is 11.6 Å². The summed E-state index contributed by atoms with van der Waals surface area (Å²) < 4.78 is 32.8. The van der Waals surface area contributed by atoms with Crippen molar-refractivity contribution in [2.24, 2.45) is 0 Å². The molecule has 0 radical (unpaired) electrons. The minimum Gasteiger partial charge on any atom is -0.497 e. The molecule has 4 aromatic rings. The summed E-state index contributed by atoms with van der Waals surface area (Å²) in [6.45, 7) is 0. The van der Waals surface area contributed by atoms with Gasteiger partial charge in [0.25, 0.3) is 0 Å². The van der Waals surface area contributed by atoms with Gasteiger partial charge in [-0.1, -0.05) is 42.5 Å². The summed E-state index contributed by atoms with van der Waals surface area (Å²) in [6.07, 6.45) is 0. The lowest BCUT2D eigenvalue weighted by Gasteiger charge is -2.05. The molecule has 4 rings (SSSR count). The van der Waals surface area contributed by atoms with Crippen LogP contribution < -0.4 is 4.74 Å². The molecule has 0 aliphatic heterocycles. The zero-order valence-electron chi connectivity index (χ0n) is 14.8. The number of rotatable bonds is 4. The van der Waals surface area contributed by atoms with E-state index in [0.717, 1.165) is 29.0 Å². The van der Waals surface area contributed by atoms with Crippen LogP contribution >= 0.6 is 0 Å². The lowest BCUT2D eigenvalue weighted by Crippen LogP contribution is -2.02. The molecule has 7 heteroatoms. The van der Waals surface area contributed by atoms with E-state index in [1.54, 1.807) is 7.11 Å². The molecule has 0 aliphatic carbocycles. The predicted molar refractivity (Wildman–Crippen MR) is 100 cm³/mol. The van der Waals surface area contributed by atoms with Crippen LogP contribution in [0.3, 0.4) is 0 Å². The molecule has 0 unspecified atom stereocenters. The van der Waals surface area contributed by atoms with Crippen LogP contribution in [-0.4, -0.2) is 27.5 Å². The van der Waals surface area contributed by atoms with Crippen molar-refractivity contribution >= 4 is 0 Å². The van der Waals surface area contributed by atoms with Gasteiger partial charge in [0, 0.05) is 5.56 Å². The maximum Gasteiger partial charge on any atom is 0.209 e. The summed E-state index contributed by atoms with van der Waals surface area (Å²) in [7, 11) is 1.62. The molecule has 3 aromatic carbocycles. The zero-order valence-corrected chi connectivity index (χ0v) is 14.8. The molecule has 5 nitrogen and oxygen atoms in total. The first kappa shape index (κ1) is 17.7. The minimum atomic E-state index is -0.764. The van der Waals surface area contributed by atoms with E-state index in [1.165, 1.54) is 6.07 Å². The highest BCUT2D eigenvalue weighted by atomic mass is 19.1. The van der Waals surface area contributed by atoms with Gasteiger partial charge < -0.3 is 4.74 Å². The molecule has 0 aliphatic rings. The van der Waals surface area contributed by atoms with Crippen molar-refractivity contribution in [3.05, 3.63) is 78.4 Å². The first-order valence-corrected chi connectivity index (χ1v) is 8.42. The van der Waals surface area contributed by atoms with E-state index in [0.29, 0.717) is 5.56 Å². The van der Waals surface area contributed by atoms with E-state index < -0.39 is 11.6 Å². The van der Waals surface area contributed by atoms with Gasteiger partial charge in [-0.15, -0.1) is 20.4 Å². The number of methoxy groups -OCH3 is 1. The third-order valence-corrected chi connectivity index (χ3v) is 4.23. The fourth-order valence-corrected chi connectivity index (χ4v) is 2.75. The molecule has 0 bridgehead atoms. The Morgan fingerprint density at radius 2 is 1.07 bits per heavy atom. The third kappa shape index (κ3) is 3.42. The van der Waals surface area contributed by atoms with Gasteiger partial charge in [0.15, 0.2) is 0 Å². The smallest absolute Gasteiger partial charge is 0.209 e. The molecule has 138 valence electrons. The van der Waals surface area contributed by atoms with Gasteiger partial charge in [0.2, 0.25) is 11.6 Å². The Labute approximate surface area is 159 Å². The standard InChI is InChI=1S/C21H14F2N4O/c1-28-16-11-9-14(10-12-16)13-5-7-15(8-6-13)20-24-26-21(27-25-20)19-17(22)3-2-4-18(19)23/h2-12H,1H3. The second kappa shape index (κ2) is 7.48. The monoisotopic (exact) mass is 376 g/mol. The Kier molecular flexibility index (Phi) is 4.72. The Balaban J connectivity index is 1.59. The van der Waals surface area contributed by atoms with Crippen molar-refractivity contribution in [1.82, 2.24) is 20.4 Å². The summed E-state index contributed by atoms with van der Waals surface area (Å²) in [4.78, 5) is 0. The van der Waals surface area contributed by atoms with Crippen molar-refractivity contribution in [2.75, 3.05) is 7.11 Å². The maximum absolute atomic E-state index is 13.8. The molecule has 0 N–H and O–H groups in total. The highest BCUT2D eigenvalue weighted by Gasteiger charge is 2.15. The normalized spacial score (nSPS) is 10.7. The van der Waals surface area contributed by atoms with Crippen molar-refractivity contribution in [2.45, 2.75) is 0 Å². The lowest BCUT2D eigenvalue weighted by molar-refractivity contribution is 0.415. The van der Waals surface area contributed by atoms with Crippen molar-refractivity contribution in [3.63, 3.8) is 0 Å². The summed E-state index contributed by atoms with van der Waals surface area (Å²) in [5, 5.41) is 15.6. The average Bonchev–Trinajstić information content (AvgIpc) is 2.74. The summed E-state index contributed by atoms with van der Waals surface area (Å²) in [5.74, 6) is -0.673. The Morgan fingerprint density at radius 1 is 0.607 bits per heavy atom. The highest BCUT2D eigenvalue weighted by molar-refractivity contribution is 5.68. The number of hydrogen-bond acceptors (Lipinski definition) is 5. The molecule has 0 saturated carbocycles. The SMILES string of the molecule is COc1ccc(-c2ccc(-c3nnc(-c4c(F)cccc4F)nn3)cc2)cc1. The lowest BCUT2D eigenvalue weighted by atomic mass is 10.0. The van der Waals surface area contributed by atoms with Crippen LogP contribution in [0.1, 0.15) is 0 Å². The second-order valence-corrected chi connectivity index (χ2v) is 5.95. The average molecular weight is 376 g/mol. The van der Waals surface area contributed by atoms with Gasteiger partial charge >= 0.3 is 0 Å². The van der Waals surface area contributed by atoms with Gasteiger partial charge in [-0.2, -0.15) is 0 Å². The van der Waals surface area contributed by atoms with Crippen LogP contribution in [0.25, 0.3) is 33.9 Å². The summed E-state index contributed by atoms with van der Waals surface area (Å²) in [5.41, 5.74) is 2.40. The number of benzene rings is 3. The van der Waals surface area contributed by atoms with Crippen LogP contribution in [0.2, 0.25) is 0 Å². The molecule has 0 spiro atoms. The molecule has 0 fully saturated rings. The molecule has 1 heterocycles. The number of nitrogens with zero attached hydrogens (tertiary/aromatic N) is 4. The topological polar surface area (TPSA) is 60.8 Å². The van der Waals surface area contributed by atoms with Crippen molar-refractivity contribution < 1.29 is 13.5 Å². The fourth-order valence-electron chi connectivity index (χ4n) is 2.75. The van der Waals surface area contributed by atoms with E-state index in [9.17, 15) is 8.78 Å². The van der Waals surface area contributed by atoms with Gasteiger partial charge in [-0.3, -0.25) is 0 Å². The number of hydrogen-bond donors (Lipinski definition) is 0. The van der Waals surface area contributed by atoms with Crippen LogP contribution in [0.5, 0.6) is 5.75 Å². The van der Waals surface area contributed by atoms with Gasteiger partial charge in [-0.25, -0.2) is 8.78 Å². The van der Waals surface area contributed by atoms with E-state index in [1.807, 2.05) is 48.5 Å². The number of ether oxygens (including phenoxy) is 1. The molecular weight excluding hydrogens is 362 g/mol. The number of aromatic nitrogens is 4. The van der Waals surface area contributed by atoms with Gasteiger partial charge in [-0.05, 0) is 35.4 Å². The van der Waals surface area contributed by atoms with Crippen molar-refractivity contribution in [1.29, 1.82) is 0 Å². The Hall–Kier alpha value is -3.74. The molecule has 28 heavy (non-hydrogen) atoms. The van der Waals surface area contributed by atoms with Crippen LogP contribution in [0.15, 0.2) is 66.7 Å². The van der Waals surface area contributed by atoms with E-state index in [2.05, 4.69) is 20.4 Å². The minimum absolute atomic E-state index is 0.200. The van der Waals surface area contributed by atoms with Crippen LogP contribution in [0.4, 0.5) is 8.78 Å². The fraction of sp³-hybridized carbons (Fsp3) is 0.0476. The largest absolute Gasteiger partial charge is 0.497 e. The van der Waals surface area contributed by atoms with E-state index in [4.69, 9.17) is 4.74 Å². The Morgan fingerprint density at radius 3 is 1.61 bits per heavy atom. The Bertz CT molecular complexity index is 1080. The zero-order chi connectivity index (χ0) is 19.5. The van der Waals surface area contributed by atoms with E-state index >= 15 is 0 Å².